The van der Waals surface area contributed by atoms with Crippen molar-refractivity contribution in [1.82, 2.24) is 15.2 Å². The zero-order valence-electron chi connectivity index (χ0n) is 16.0. The standard InChI is InChI=1S/C20H19FN4O4/c1-27-15-10-12(11-16(28-2)18(15)29-3)4-9-17(26)22-20-23-19(24-25-20)13-5-7-14(21)8-6-13/h4-11H,1-3H3,(H2,22,23,24,25,26)/b9-4+. The number of amides is 1. The van der Waals surface area contributed by atoms with Gasteiger partial charge in [-0.2, -0.15) is 4.98 Å². The Hall–Kier alpha value is -3.88. The third kappa shape index (κ3) is 4.70. The van der Waals surface area contributed by atoms with Crippen molar-refractivity contribution in [3.63, 3.8) is 0 Å². The summed E-state index contributed by atoms with van der Waals surface area (Å²) in [4.78, 5) is 16.4. The van der Waals surface area contributed by atoms with Crippen LogP contribution in [0.15, 0.2) is 42.5 Å². The molecule has 3 rings (SSSR count). The molecule has 0 aliphatic rings. The Labute approximate surface area is 166 Å². The van der Waals surface area contributed by atoms with Crippen LogP contribution in [0.1, 0.15) is 5.56 Å². The van der Waals surface area contributed by atoms with Crippen LogP contribution in [-0.4, -0.2) is 42.4 Å². The lowest BCUT2D eigenvalue weighted by Gasteiger charge is -2.12. The molecule has 2 N–H and O–H groups in total. The lowest BCUT2D eigenvalue weighted by Crippen LogP contribution is -2.09. The smallest absolute Gasteiger partial charge is 0.250 e. The van der Waals surface area contributed by atoms with Gasteiger partial charge in [-0.25, -0.2) is 4.39 Å². The van der Waals surface area contributed by atoms with Crippen molar-refractivity contribution in [1.29, 1.82) is 0 Å². The van der Waals surface area contributed by atoms with Gasteiger partial charge in [0.2, 0.25) is 11.7 Å². The fourth-order valence-corrected chi connectivity index (χ4v) is 2.58. The lowest BCUT2D eigenvalue weighted by atomic mass is 10.1. The summed E-state index contributed by atoms with van der Waals surface area (Å²) in [6, 6.07) is 9.18. The Morgan fingerprint density at radius 2 is 1.72 bits per heavy atom. The maximum absolute atomic E-state index is 13.0. The maximum Gasteiger partial charge on any atom is 0.250 e. The summed E-state index contributed by atoms with van der Waals surface area (Å²) in [6.07, 6.45) is 2.92. The Morgan fingerprint density at radius 3 is 2.31 bits per heavy atom. The number of aromatic amines is 1. The zero-order valence-corrected chi connectivity index (χ0v) is 16.0. The minimum atomic E-state index is -0.427. The summed E-state index contributed by atoms with van der Waals surface area (Å²) in [6.45, 7) is 0. The molecule has 0 aliphatic carbocycles. The Balaban J connectivity index is 1.71. The first-order valence-electron chi connectivity index (χ1n) is 8.51. The Morgan fingerprint density at radius 1 is 1.07 bits per heavy atom. The van der Waals surface area contributed by atoms with E-state index in [9.17, 15) is 9.18 Å². The first kappa shape index (κ1) is 19.9. The van der Waals surface area contributed by atoms with Gasteiger partial charge in [0.1, 0.15) is 5.82 Å². The SMILES string of the molecule is COc1cc(/C=C/C(=O)Nc2n[nH]c(-c3ccc(F)cc3)n2)cc(OC)c1OC. The van der Waals surface area contributed by atoms with Gasteiger partial charge < -0.3 is 14.2 Å². The van der Waals surface area contributed by atoms with Gasteiger partial charge in [0.05, 0.1) is 21.3 Å². The van der Waals surface area contributed by atoms with Crippen molar-refractivity contribution in [2.45, 2.75) is 0 Å². The van der Waals surface area contributed by atoms with E-state index < -0.39 is 5.91 Å². The molecule has 29 heavy (non-hydrogen) atoms. The van der Waals surface area contributed by atoms with Gasteiger partial charge in [-0.1, -0.05) is 0 Å². The average Bonchev–Trinajstić information content (AvgIpc) is 3.20. The minimum Gasteiger partial charge on any atom is -0.493 e. The van der Waals surface area contributed by atoms with Gasteiger partial charge in [-0.05, 0) is 48.0 Å². The fraction of sp³-hybridized carbons (Fsp3) is 0.150. The summed E-state index contributed by atoms with van der Waals surface area (Å²) in [5.74, 6) is 1.15. The number of carbonyl (C=O) groups excluding carboxylic acids is 1. The highest BCUT2D eigenvalue weighted by Gasteiger charge is 2.12. The number of methoxy groups -OCH3 is 3. The molecule has 2 aromatic carbocycles. The van der Waals surface area contributed by atoms with E-state index in [0.29, 0.717) is 34.2 Å². The molecular formula is C20H19FN4O4. The second kappa shape index (κ2) is 8.87. The van der Waals surface area contributed by atoms with Crippen molar-refractivity contribution in [3.05, 3.63) is 53.9 Å². The third-order valence-corrected chi connectivity index (χ3v) is 3.95. The Bertz CT molecular complexity index is 1010. The van der Waals surface area contributed by atoms with E-state index in [2.05, 4.69) is 20.5 Å². The van der Waals surface area contributed by atoms with Gasteiger partial charge in [0.25, 0.3) is 5.91 Å². The summed E-state index contributed by atoms with van der Waals surface area (Å²) >= 11 is 0. The molecule has 0 unspecified atom stereocenters. The predicted molar refractivity (Wildman–Crippen MR) is 106 cm³/mol. The molecule has 0 radical (unpaired) electrons. The van der Waals surface area contributed by atoms with Gasteiger partial charge in [-0.15, -0.1) is 5.10 Å². The molecular weight excluding hydrogens is 379 g/mol. The molecule has 1 amide bonds. The van der Waals surface area contributed by atoms with Crippen LogP contribution in [0.3, 0.4) is 0 Å². The number of anilines is 1. The number of aromatic nitrogens is 3. The van der Waals surface area contributed by atoms with Crippen molar-refractivity contribution in [3.8, 4) is 28.6 Å². The largest absolute Gasteiger partial charge is 0.493 e. The number of H-pyrrole nitrogens is 1. The van der Waals surface area contributed by atoms with E-state index in [0.717, 1.165) is 0 Å². The molecule has 1 aromatic heterocycles. The van der Waals surface area contributed by atoms with Crippen LogP contribution in [0.25, 0.3) is 17.5 Å². The summed E-state index contributed by atoms with van der Waals surface area (Å²) < 4.78 is 28.9. The van der Waals surface area contributed by atoms with E-state index in [1.807, 2.05) is 0 Å². The molecule has 0 bridgehead atoms. The monoisotopic (exact) mass is 398 g/mol. The van der Waals surface area contributed by atoms with Gasteiger partial charge in [0, 0.05) is 11.6 Å². The number of hydrogen-bond acceptors (Lipinski definition) is 6. The highest BCUT2D eigenvalue weighted by Crippen LogP contribution is 2.38. The van der Waals surface area contributed by atoms with Crippen LogP contribution < -0.4 is 19.5 Å². The molecule has 0 saturated heterocycles. The highest BCUT2D eigenvalue weighted by atomic mass is 19.1. The summed E-state index contributed by atoms with van der Waals surface area (Å²) in [5, 5.41) is 9.18. The second-order valence-electron chi connectivity index (χ2n) is 5.80. The molecule has 0 spiro atoms. The normalized spacial score (nSPS) is 10.8. The van der Waals surface area contributed by atoms with Gasteiger partial charge in [0.15, 0.2) is 17.3 Å². The number of benzene rings is 2. The molecule has 8 nitrogen and oxygen atoms in total. The predicted octanol–water partition coefficient (Wildman–Crippen LogP) is 3.29. The third-order valence-electron chi connectivity index (χ3n) is 3.95. The van der Waals surface area contributed by atoms with Crippen LogP contribution in [0.4, 0.5) is 10.3 Å². The molecule has 9 heteroatoms. The summed E-state index contributed by atoms with van der Waals surface area (Å²) in [5.41, 5.74) is 1.32. The first-order chi connectivity index (χ1) is 14.0. The lowest BCUT2D eigenvalue weighted by molar-refractivity contribution is -0.111. The number of ether oxygens (including phenoxy) is 3. The van der Waals surface area contributed by atoms with Crippen LogP contribution in [0.2, 0.25) is 0 Å². The van der Waals surface area contributed by atoms with E-state index >= 15 is 0 Å². The second-order valence-corrected chi connectivity index (χ2v) is 5.80. The molecule has 0 fully saturated rings. The van der Waals surface area contributed by atoms with E-state index in [-0.39, 0.29) is 11.8 Å². The fourth-order valence-electron chi connectivity index (χ4n) is 2.58. The van der Waals surface area contributed by atoms with Crippen LogP contribution in [-0.2, 0) is 4.79 Å². The quantitative estimate of drug-likeness (QED) is 0.593. The molecule has 0 saturated carbocycles. The number of rotatable bonds is 7. The van der Waals surface area contributed by atoms with Crippen molar-refractivity contribution >= 4 is 17.9 Å². The summed E-state index contributed by atoms with van der Waals surface area (Å²) in [7, 11) is 4.54. The van der Waals surface area contributed by atoms with Crippen LogP contribution in [0, 0.1) is 5.82 Å². The van der Waals surface area contributed by atoms with Crippen molar-refractivity contribution in [2.75, 3.05) is 26.6 Å². The number of halogens is 1. The van der Waals surface area contributed by atoms with E-state index in [1.54, 1.807) is 30.3 Å². The van der Waals surface area contributed by atoms with Crippen molar-refractivity contribution < 1.29 is 23.4 Å². The van der Waals surface area contributed by atoms with E-state index in [4.69, 9.17) is 14.2 Å². The molecule has 0 aliphatic heterocycles. The molecule has 0 atom stereocenters. The molecule has 150 valence electrons. The average molecular weight is 398 g/mol. The topological polar surface area (TPSA) is 98.4 Å². The Kier molecular flexibility index (Phi) is 6.08. The van der Waals surface area contributed by atoms with Gasteiger partial charge >= 0.3 is 0 Å². The number of carbonyl (C=O) groups is 1. The van der Waals surface area contributed by atoms with Crippen LogP contribution in [0.5, 0.6) is 17.2 Å². The van der Waals surface area contributed by atoms with E-state index in [1.165, 1.54) is 39.5 Å². The molecule has 3 aromatic rings. The zero-order chi connectivity index (χ0) is 20.8. The van der Waals surface area contributed by atoms with Gasteiger partial charge in [-0.3, -0.25) is 15.2 Å². The number of nitrogens with zero attached hydrogens (tertiary/aromatic N) is 2. The molecule has 1 heterocycles. The highest BCUT2D eigenvalue weighted by molar-refractivity contribution is 6.01. The van der Waals surface area contributed by atoms with Crippen LogP contribution >= 0.6 is 0 Å². The number of nitrogens with one attached hydrogen (secondary N) is 2. The maximum atomic E-state index is 13.0. The first-order valence-corrected chi connectivity index (χ1v) is 8.51. The van der Waals surface area contributed by atoms with Crippen molar-refractivity contribution in [2.24, 2.45) is 0 Å². The minimum absolute atomic E-state index is 0.101. The number of hydrogen-bond donors (Lipinski definition) is 2.